The SMILES string of the molecule is N#Cc1cnc(NCC(F)(F)c2cccc[n+]2[O-])c(=O)n1CC(=O)NCc1ccccc1F. The lowest BCUT2D eigenvalue weighted by Crippen LogP contribution is -2.41. The van der Waals surface area contributed by atoms with Crippen molar-refractivity contribution >= 4 is 11.7 Å². The van der Waals surface area contributed by atoms with Crippen LogP contribution >= 0.6 is 0 Å². The van der Waals surface area contributed by atoms with Crippen LogP contribution in [0.1, 0.15) is 17.0 Å². The van der Waals surface area contributed by atoms with Gasteiger partial charge in [-0.15, -0.1) is 0 Å². The van der Waals surface area contributed by atoms with Crippen molar-refractivity contribution in [1.29, 1.82) is 5.26 Å². The van der Waals surface area contributed by atoms with Crippen molar-refractivity contribution in [2.45, 2.75) is 19.0 Å². The van der Waals surface area contributed by atoms with Crippen molar-refractivity contribution < 1.29 is 22.7 Å². The van der Waals surface area contributed by atoms with Crippen LogP contribution in [0.3, 0.4) is 0 Å². The smallest absolute Gasteiger partial charge is 0.347 e. The maximum Gasteiger partial charge on any atom is 0.347 e. The van der Waals surface area contributed by atoms with Gasteiger partial charge in [0.2, 0.25) is 5.91 Å². The Kier molecular flexibility index (Phi) is 6.92. The number of nitriles is 1. The summed E-state index contributed by atoms with van der Waals surface area (Å²) in [6, 6.07) is 11.0. The number of hydrogen-bond acceptors (Lipinski definition) is 6. The molecule has 0 unspecified atom stereocenters. The molecule has 0 spiro atoms. The van der Waals surface area contributed by atoms with Crippen molar-refractivity contribution in [3.05, 3.63) is 93.2 Å². The van der Waals surface area contributed by atoms with Crippen molar-refractivity contribution in [1.82, 2.24) is 14.9 Å². The highest BCUT2D eigenvalue weighted by atomic mass is 19.3. The molecule has 0 atom stereocenters. The Labute approximate surface area is 185 Å². The summed E-state index contributed by atoms with van der Waals surface area (Å²) in [5.41, 5.74) is -1.89. The number of halogens is 3. The molecule has 0 aliphatic heterocycles. The summed E-state index contributed by atoms with van der Waals surface area (Å²) in [5, 5.41) is 25.4. The van der Waals surface area contributed by atoms with Gasteiger partial charge in [-0.2, -0.15) is 18.8 Å². The first kappa shape index (κ1) is 23.3. The van der Waals surface area contributed by atoms with E-state index in [-0.39, 0.29) is 22.5 Å². The number of amides is 1. The lowest BCUT2D eigenvalue weighted by Gasteiger charge is -2.17. The molecule has 0 saturated carbocycles. The van der Waals surface area contributed by atoms with E-state index in [1.807, 2.05) is 0 Å². The second-order valence-electron chi connectivity index (χ2n) is 6.83. The van der Waals surface area contributed by atoms with Gasteiger partial charge in [-0.05, 0) is 12.1 Å². The van der Waals surface area contributed by atoms with Crippen molar-refractivity contribution in [3.63, 3.8) is 0 Å². The van der Waals surface area contributed by atoms with Crippen LogP contribution in [-0.2, 0) is 23.8 Å². The van der Waals surface area contributed by atoms with Gasteiger partial charge in [0, 0.05) is 24.2 Å². The lowest BCUT2D eigenvalue weighted by molar-refractivity contribution is -0.624. The molecule has 9 nitrogen and oxygen atoms in total. The number of nitrogens with one attached hydrogen (secondary N) is 2. The van der Waals surface area contributed by atoms with Crippen molar-refractivity contribution in [2.24, 2.45) is 0 Å². The van der Waals surface area contributed by atoms with E-state index in [9.17, 15) is 33.2 Å². The molecule has 2 heterocycles. The quantitative estimate of drug-likeness (QED) is 0.388. The first-order valence-electron chi connectivity index (χ1n) is 9.53. The molecule has 0 saturated heterocycles. The molecule has 3 rings (SSSR count). The first-order chi connectivity index (χ1) is 15.7. The van der Waals surface area contributed by atoms with E-state index in [4.69, 9.17) is 0 Å². The zero-order valence-electron chi connectivity index (χ0n) is 17.0. The highest BCUT2D eigenvalue weighted by molar-refractivity contribution is 5.76. The van der Waals surface area contributed by atoms with Crippen LogP contribution in [0.15, 0.2) is 59.7 Å². The molecule has 2 N–H and O–H groups in total. The third-order valence-corrected chi connectivity index (χ3v) is 4.58. The second kappa shape index (κ2) is 9.82. The summed E-state index contributed by atoms with van der Waals surface area (Å²) in [4.78, 5) is 28.6. The minimum Gasteiger partial charge on any atom is -0.618 e. The Morgan fingerprint density at radius 1 is 1.24 bits per heavy atom. The Hall–Kier alpha value is -4.40. The number of hydrogen-bond donors (Lipinski definition) is 2. The van der Waals surface area contributed by atoms with Crippen LogP contribution in [0, 0.1) is 22.4 Å². The Morgan fingerprint density at radius 2 is 1.97 bits per heavy atom. The van der Waals surface area contributed by atoms with Crippen molar-refractivity contribution in [2.75, 3.05) is 11.9 Å². The number of alkyl halides is 2. The lowest BCUT2D eigenvalue weighted by atomic mass is 10.2. The van der Waals surface area contributed by atoms with Gasteiger partial charge < -0.3 is 15.8 Å². The van der Waals surface area contributed by atoms with Crippen LogP contribution in [0.25, 0.3) is 0 Å². The van der Waals surface area contributed by atoms with Crippen LogP contribution in [0.5, 0.6) is 0 Å². The average Bonchev–Trinajstić information content (AvgIpc) is 2.79. The number of pyridine rings is 1. The summed E-state index contributed by atoms with van der Waals surface area (Å²) in [6.45, 7) is -1.91. The van der Waals surface area contributed by atoms with Gasteiger partial charge in [-0.1, -0.05) is 18.2 Å². The minimum atomic E-state index is -3.65. The molecule has 3 aromatic rings. The molecule has 12 heteroatoms. The number of carbonyl (C=O) groups is 1. The predicted octanol–water partition coefficient (Wildman–Crippen LogP) is 1.41. The number of nitrogens with zero attached hydrogens (tertiary/aromatic N) is 4. The van der Waals surface area contributed by atoms with Crippen molar-refractivity contribution in [3.8, 4) is 6.07 Å². The van der Waals surface area contributed by atoms with E-state index < -0.39 is 47.8 Å². The number of aromatic nitrogens is 3. The molecule has 0 aliphatic rings. The Balaban J connectivity index is 1.75. The summed E-state index contributed by atoms with van der Waals surface area (Å²) in [7, 11) is 0. The van der Waals surface area contributed by atoms with Gasteiger partial charge in [-0.25, -0.2) is 9.37 Å². The number of benzene rings is 1. The molecule has 1 amide bonds. The highest BCUT2D eigenvalue weighted by Crippen LogP contribution is 2.24. The van der Waals surface area contributed by atoms with E-state index in [1.165, 1.54) is 30.3 Å². The third kappa shape index (κ3) is 5.45. The highest BCUT2D eigenvalue weighted by Gasteiger charge is 2.39. The van der Waals surface area contributed by atoms with Gasteiger partial charge in [0.25, 0.3) is 11.3 Å². The zero-order valence-corrected chi connectivity index (χ0v) is 17.0. The fourth-order valence-electron chi connectivity index (χ4n) is 2.89. The molecule has 2 aromatic heterocycles. The van der Waals surface area contributed by atoms with Gasteiger partial charge >= 0.3 is 5.92 Å². The fourth-order valence-corrected chi connectivity index (χ4v) is 2.89. The summed E-state index contributed by atoms with van der Waals surface area (Å²) in [5.74, 6) is -5.42. The standard InChI is InChI=1S/C21H17F3N6O3/c22-16-6-2-1-5-14(16)10-26-18(31)12-29-15(9-25)11-27-19(20(29)32)28-13-21(23,24)17-7-3-4-8-30(17)33/h1-8,11H,10,12-13H2,(H,26,31)(H,27,28). The first-order valence-corrected chi connectivity index (χ1v) is 9.53. The van der Waals surface area contributed by atoms with Crippen LogP contribution in [0.4, 0.5) is 19.0 Å². The van der Waals surface area contributed by atoms with Crippen LogP contribution in [0.2, 0.25) is 0 Å². The maximum atomic E-state index is 14.4. The monoisotopic (exact) mass is 458 g/mol. The Bertz CT molecular complexity index is 1270. The average molecular weight is 458 g/mol. The van der Waals surface area contributed by atoms with Gasteiger partial charge in [0.05, 0.1) is 12.7 Å². The minimum absolute atomic E-state index is 0.00603. The second-order valence-corrected chi connectivity index (χ2v) is 6.83. The van der Waals surface area contributed by atoms with Crippen LogP contribution < -0.4 is 20.9 Å². The fraction of sp³-hybridized carbons (Fsp3) is 0.190. The normalized spacial score (nSPS) is 11.0. The predicted molar refractivity (Wildman–Crippen MR) is 109 cm³/mol. The number of anilines is 1. The van der Waals surface area contributed by atoms with Gasteiger partial charge in [-0.3, -0.25) is 14.2 Å². The molecule has 1 aromatic carbocycles. The van der Waals surface area contributed by atoms with Gasteiger partial charge in [0.1, 0.15) is 24.1 Å². The van der Waals surface area contributed by atoms with E-state index >= 15 is 0 Å². The molecule has 170 valence electrons. The van der Waals surface area contributed by atoms with E-state index in [0.717, 1.165) is 23.0 Å². The van der Waals surface area contributed by atoms with E-state index in [0.29, 0.717) is 0 Å². The molecular weight excluding hydrogens is 441 g/mol. The maximum absolute atomic E-state index is 14.4. The third-order valence-electron chi connectivity index (χ3n) is 4.58. The van der Waals surface area contributed by atoms with Crippen LogP contribution in [-0.4, -0.2) is 22.0 Å². The topological polar surface area (TPSA) is 127 Å². The molecule has 0 aliphatic carbocycles. The largest absolute Gasteiger partial charge is 0.618 e. The summed E-state index contributed by atoms with van der Waals surface area (Å²) in [6.07, 6.45) is 1.86. The molecule has 0 radical (unpaired) electrons. The van der Waals surface area contributed by atoms with E-state index in [2.05, 4.69) is 15.6 Å². The molecular formula is C21H17F3N6O3. The molecule has 0 bridgehead atoms. The summed E-state index contributed by atoms with van der Waals surface area (Å²) >= 11 is 0. The zero-order chi connectivity index (χ0) is 24.0. The summed E-state index contributed by atoms with van der Waals surface area (Å²) < 4.78 is 43.3. The number of carbonyl (C=O) groups excluding carboxylic acids is 1. The number of rotatable bonds is 8. The van der Waals surface area contributed by atoms with E-state index in [1.54, 1.807) is 12.1 Å². The molecule has 0 fully saturated rings. The van der Waals surface area contributed by atoms with Gasteiger partial charge in [0.15, 0.2) is 12.0 Å². The Morgan fingerprint density at radius 3 is 2.67 bits per heavy atom. The molecule has 33 heavy (non-hydrogen) atoms.